The van der Waals surface area contributed by atoms with E-state index in [2.05, 4.69) is 36.1 Å². The highest BCUT2D eigenvalue weighted by Gasteiger charge is 2.39. The first-order valence-electron chi connectivity index (χ1n) is 7.31. The lowest BCUT2D eigenvalue weighted by Gasteiger charge is -2.38. The standard InChI is InChI=1S/C16H25NO2S/c1-14(15-7-5-4-6-8-15)9-10-17-11-12-20(18,19)16(2,3)13-17/h4-8,14H,9-13H2,1-3H3. The fraction of sp³-hybridized carbons (Fsp3) is 0.625. The molecule has 0 spiro atoms. The van der Waals surface area contributed by atoms with Gasteiger partial charge < -0.3 is 4.90 Å². The average molecular weight is 295 g/mol. The Morgan fingerprint density at radius 2 is 1.90 bits per heavy atom. The molecule has 4 heteroatoms. The second-order valence-electron chi connectivity index (χ2n) is 6.46. The molecule has 1 fully saturated rings. The molecule has 112 valence electrons. The van der Waals surface area contributed by atoms with E-state index in [0.29, 0.717) is 24.8 Å². The Bertz CT molecular complexity index is 537. The van der Waals surface area contributed by atoms with Gasteiger partial charge in [0.15, 0.2) is 9.84 Å². The van der Waals surface area contributed by atoms with Gasteiger partial charge in [-0.05, 0) is 38.3 Å². The Hall–Kier alpha value is -0.870. The Morgan fingerprint density at radius 3 is 2.50 bits per heavy atom. The molecule has 20 heavy (non-hydrogen) atoms. The molecule has 0 radical (unpaired) electrons. The van der Waals surface area contributed by atoms with Crippen molar-refractivity contribution in [1.29, 1.82) is 0 Å². The normalized spacial score (nSPS) is 23.4. The van der Waals surface area contributed by atoms with Crippen LogP contribution in [0.15, 0.2) is 30.3 Å². The third-order valence-electron chi connectivity index (χ3n) is 4.37. The summed E-state index contributed by atoms with van der Waals surface area (Å²) in [6.45, 7) is 8.21. The molecule has 1 atom stereocenters. The van der Waals surface area contributed by atoms with Crippen molar-refractivity contribution in [1.82, 2.24) is 4.90 Å². The van der Waals surface area contributed by atoms with Gasteiger partial charge >= 0.3 is 0 Å². The first-order chi connectivity index (χ1) is 9.32. The average Bonchev–Trinajstić information content (AvgIpc) is 2.41. The maximum absolute atomic E-state index is 12.0. The zero-order valence-electron chi connectivity index (χ0n) is 12.7. The third kappa shape index (κ3) is 3.41. The quantitative estimate of drug-likeness (QED) is 0.857. The lowest BCUT2D eigenvalue weighted by Crippen LogP contribution is -2.53. The fourth-order valence-electron chi connectivity index (χ4n) is 2.76. The molecule has 0 aliphatic carbocycles. The van der Waals surface area contributed by atoms with Gasteiger partial charge in [0.25, 0.3) is 0 Å². The summed E-state index contributed by atoms with van der Waals surface area (Å²) in [5, 5.41) is 0. The minimum absolute atomic E-state index is 0.291. The minimum Gasteiger partial charge on any atom is -0.301 e. The van der Waals surface area contributed by atoms with E-state index in [-0.39, 0.29) is 0 Å². The van der Waals surface area contributed by atoms with Crippen LogP contribution in [0.1, 0.15) is 38.7 Å². The van der Waals surface area contributed by atoms with Crippen LogP contribution in [0.4, 0.5) is 0 Å². The highest BCUT2D eigenvalue weighted by Crippen LogP contribution is 2.25. The maximum atomic E-state index is 12.0. The van der Waals surface area contributed by atoms with Gasteiger partial charge in [0, 0.05) is 13.1 Å². The molecule has 0 N–H and O–H groups in total. The van der Waals surface area contributed by atoms with Crippen molar-refractivity contribution >= 4 is 9.84 Å². The summed E-state index contributed by atoms with van der Waals surface area (Å²) < 4.78 is 23.4. The van der Waals surface area contributed by atoms with Crippen LogP contribution in [0.5, 0.6) is 0 Å². The van der Waals surface area contributed by atoms with Crippen molar-refractivity contribution in [3.05, 3.63) is 35.9 Å². The SMILES string of the molecule is CC(CCN1CCS(=O)(=O)C(C)(C)C1)c1ccccc1. The zero-order valence-corrected chi connectivity index (χ0v) is 13.5. The lowest BCUT2D eigenvalue weighted by atomic mass is 9.97. The van der Waals surface area contributed by atoms with Crippen molar-refractivity contribution in [3.63, 3.8) is 0 Å². The minimum atomic E-state index is -2.93. The smallest absolute Gasteiger partial charge is 0.157 e. The topological polar surface area (TPSA) is 37.4 Å². The van der Waals surface area contributed by atoms with E-state index >= 15 is 0 Å². The molecule has 0 amide bonds. The van der Waals surface area contributed by atoms with E-state index < -0.39 is 14.6 Å². The van der Waals surface area contributed by atoms with E-state index in [1.54, 1.807) is 0 Å². The summed E-state index contributed by atoms with van der Waals surface area (Å²) in [4.78, 5) is 2.29. The number of sulfone groups is 1. The van der Waals surface area contributed by atoms with Gasteiger partial charge in [0.1, 0.15) is 0 Å². The van der Waals surface area contributed by atoms with Crippen LogP contribution in [0.2, 0.25) is 0 Å². The molecule has 0 aromatic heterocycles. The van der Waals surface area contributed by atoms with Crippen molar-refractivity contribution in [2.45, 2.75) is 37.9 Å². The molecule has 1 saturated heterocycles. The predicted octanol–water partition coefficient (Wildman–Crippen LogP) is 2.69. The van der Waals surface area contributed by atoms with Gasteiger partial charge in [-0.3, -0.25) is 0 Å². The van der Waals surface area contributed by atoms with Crippen LogP contribution in [-0.4, -0.2) is 43.5 Å². The number of hydrogen-bond donors (Lipinski definition) is 0. The molecule has 1 heterocycles. The van der Waals surface area contributed by atoms with E-state index in [4.69, 9.17) is 0 Å². The van der Waals surface area contributed by atoms with Gasteiger partial charge in [-0.25, -0.2) is 8.42 Å². The fourth-order valence-corrected chi connectivity index (χ4v) is 4.19. The third-order valence-corrected chi connectivity index (χ3v) is 6.90. The molecule has 1 aromatic carbocycles. The molecule has 1 unspecified atom stereocenters. The molecule has 2 rings (SSSR count). The van der Waals surface area contributed by atoms with Crippen molar-refractivity contribution in [3.8, 4) is 0 Å². The first-order valence-corrected chi connectivity index (χ1v) is 8.97. The maximum Gasteiger partial charge on any atom is 0.157 e. The lowest BCUT2D eigenvalue weighted by molar-refractivity contribution is 0.242. The Kier molecular flexibility index (Phi) is 4.55. The van der Waals surface area contributed by atoms with E-state index in [0.717, 1.165) is 13.0 Å². The molecular weight excluding hydrogens is 270 g/mol. The number of rotatable bonds is 4. The largest absolute Gasteiger partial charge is 0.301 e. The van der Waals surface area contributed by atoms with E-state index in [1.807, 2.05) is 19.9 Å². The second-order valence-corrected chi connectivity index (χ2v) is 9.20. The van der Waals surface area contributed by atoms with Crippen LogP contribution in [-0.2, 0) is 9.84 Å². The number of benzene rings is 1. The molecule has 0 bridgehead atoms. The van der Waals surface area contributed by atoms with Crippen LogP contribution in [0, 0.1) is 0 Å². The molecule has 0 saturated carbocycles. The highest BCUT2D eigenvalue weighted by atomic mass is 32.2. The Balaban J connectivity index is 1.90. The Morgan fingerprint density at radius 1 is 1.25 bits per heavy atom. The molecule has 1 aromatic rings. The summed E-state index contributed by atoms with van der Waals surface area (Å²) in [6, 6.07) is 10.5. The van der Waals surface area contributed by atoms with Crippen LogP contribution >= 0.6 is 0 Å². The summed E-state index contributed by atoms with van der Waals surface area (Å²) in [7, 11) is -2.93. The summed E-state index contributed by atoms with van der Waals surface area (Å²) in [5.41, 5.74) is 1.36. The summed E-state index contributed by atoms with van der Waals surface area (Å²) >= 11 is 0. The van der Waals surface area contributed by atoms with Crippen molar-refractivity contribution in [2.75, 3.05) is 25.4 Å². The number of nitrogens with zero attached hydrogens (tertiary/aromatic N) is 1. The zero-order chi connectivity index (χ0) is 14.8. The van der Waals surface area contributed by atoms with Crippen molar-refractivity contribution < 1.29 is 8.42 Å². The van der Waals surface area contributed by atoms with Crippen LogP contribution < -0.4 is 0 Å². The van der Waals surface area contributed by atoms with E-state index in [9.17, 15) is 8.42 Å². The monoisotopic (exact) mass is 295 g/mol. The van der Waals surface area contributed by atoms with Gasteiger partial charge in [0.2, 0.25) is 0 Å². The highest BCUT2D eigenvalue weighted by molar-refractivity contribution is 7.92. The summed E-state index contributed by atoms with van der Waals surface area (Å²) in [6.07, 6.45) is 1.07. The molecule has 1 aliphatic heterocycles. The van der Waals surface area contributed by atoms with Gasteiger partial charge in [-0.2, -0.15) is 0 Å². The first kappa shape index (κ1) is 15.5. The molecule has 1 aliphatic rings. The summed E-state index contributed by atoms with van der Waals surface area (Å²) in [5.74, 6) is 0.803. The van der Waals surface area contributed by atoms with Gasteiger partial charge in [-0.1, -0.05) is 37.3 Å². The Labute approximate surface area is 122 Å². The predicted molar refractivity (Wildman–Crippen MR) is 83.8 cm³/mol. The molecule has 3 nitrogen and oxygen atoms in total. The van der Waals surface area contributed by atoms with Crippen molar-refractivity contribution in [2.24, 2.45) is 0 Å². The van der Waals surface area contributed by atoms with Gasteiger partial charge in [-0.15, -0.1) is 0 Å². The second kappa shape index (κ2) is 5.86. The van der Waals surface area contributed by atoms with E-state index in [1.165, 1.54) is 5.56 Å². The van der Waals surface area contributed by atoms with Crippen LogP contribution in [0.25, 0.3) is 0 Å². The number of hydrogen-bond acceptors (Lipinski definition) is 3. The van der Waals surface area contributed by atoms with Gasteiger partial charge in [0.05, 0.1) is 10.5 Å². The van der Waals surface area contributed by atoms with Crippen LogP contribution in [0.3, 0.4) is 0 Å². The molecular formula is C16H25NO2S.